The van der Waals surface area contributed by atoms with Crippen LogP contribution in [-0.2, 0) is 0 Å². The summed E-state index contributed by atoms with van der Waals surface area (Å²) >= 11 is 0. The smallest absolute Gasteiger partial charge is 0.173 e. The van der Waals surface area contributed by atoms with Crippen LogP contribution in [0, 0.1) is 5.41 Å². The van der Waals surface area contributed by atoms with E-state index < -0.39 is 0 Å². The van der Waals surface area contributed by atoms with E-state index in [1.54, 1.807) is 0 Å². The molecule has 6 N–H and O–H groups in total. The molecule has 0 aliphatic carbocycles. The molecule has 0 aliphatic heterocycles. The second-order valence-corrected chi connectivity index (χ2v) is 1.60. The van der Waals surface area contributed by atoms with Gasteiger partial charge in [-0.25, -0.2) is 4.98 Å². The summed E-state index contributed by atoms with van der Waals surface area (Å²) in [5.41, 5.74) is 10.3. The summed E-state index contributed by atoms with van der Waals surface area (Å²) in [5.74, 6) is 0.624. The molecule has 0 bridgehead atoms. The van der Waals surface area contributed by atoms with Crippen molar-refractivity contribution in [1.82, 2.24) is 9.97 Å². The second-order valence-electron chi connectivity index (χ2n) is 1.60. The zero-order valence-electron chi connectivity index (χ0n) is 4.68. The Morgan fingerprint density at radius 3 is 2.67 bits per heavy atom. The van der Waals surface area contributed by atoms with Crippen LogP contribution >= 0.6 is 0 Å². The molecule has 5 nitrogen and oxygen atoms in total. The second kappa shape index (κ2) is 1.77. The fourth-order valence-corrected chi connectivity index (χ4v) is 0.472. The number of aromatic amines is 1. The number of amidine groups is 1. The first-order valence-corrected chi connectivity index (χ1v) is 2.35. The van der Waals surface area contributed by atoms with Gasteiger partial charge in [0.05, 0.1) is 6.20 Å². The summed E-state index contributed by atoms with van der Waals surface area (Å²) in [6, 6.07) is 0. The Bertz CT molecular complexity index is 225. The van der Waals surface area contributed by atoms with Crippen LogP contribution in [0.15, 0.2) is 6.20 Å². The molecule has 0 saturated heterocycles. The molecule has 0 aromatic carbocycles. The number of imidazole rings is 1. The standard InChI is InChI=1S/C4H7N5/c5-2-1-8-4(9-2)3(6)7/h1H,5H2,(H3,6,7)(H,8,9). The number of nitrogens with two attached hydrogens (primary N) is 2. The summed E-state index contributed by atoms with van der Waals surface area (Å²) in [5, 5.41) is 6.88. The van der Waals surface area contributed by atoms with Gasteiger partial charge in [0.15, 0.2) is 11.7 Å². The van der Waals surface area contributed by atoms with Crippen LogP contribution in [0.3, 0.4) is 0 Å². The molecule has 1 heterocycles. The lowest BCUT2D eigenvalue weighted by atomic mass is 10.6. The minimum Gasteiger partial charge on any atom is -0.384 e. The third kappa shape index (κ3) is 0.987. The van der Waals surface area contributed by atoms with Gasteiger partial charge in [-0.15, -0.1) is 0 Å². The summed E-state index contributed by atoms with van der Waals surface area (Å²) < 4.78 is 0. The Morgan fingerprint density at radius 1 is 1.78 bits per heavy atom. The molecule has 0 amide bonds. The quantitative estimate of drug-likeness (QED) is 0.294. The zero-order chi connectivity index (χ0) is 6.85. The Labute approximate surface area is 51.6 Å². The molecule has 1 rings (SSSR count). The highest BCUT2D eigenvalue weighted by molar-refractivity contribution is 5.91. The van der Waals surface area contributed by atoms with Crippen molar-refractivity contribution >= 4 is 11.7 Å². The number of H-pyrrole nitrogens is 1. The van der Waals surface area contributed by atoms with E-state index in [0.717, 1.165) is 0 Å². The van der Waals surface area contributed by atoms with Gasteiger partial charge in [0.1, 0.15) is 5.82 Å². The molecule has 1 aromatic rings. The maximum absolute atomic E-state index is 6.88. The van der Waals surface area contributed by atoms with Crippen LogP contribution < -0.4 is 11.5 Å². The molecular weight excluding hydrogens is 118 g/mol. The maximum atomic E-state index is 6.88. The first-order chi connectivity index (χ1) is 4.20. The fraction of sp³-hybridized carbons (Fsp3) is 0. The van der Waals surface area contributed by atoms with Gasteiger partial charge >= 0.3 is 0 Å². The van der Waals surface area contributed by atoms with Crippen molar-refractivity contribution in [3.05, 3.63) is 12.0 Å². The molecular formula is C4H7N5. The molecule has 0 unspecified atom stereocenters. The maximum Gasteiger partial charge on any atom is 0.173 e. The van der Waals surface area contributed by atoms with E-state index in [1.807, 2.05) is 0 Å². The average molecular weight is 125 g/mol. The lowest BCUT2D eigenvalue weighted by Gasteiger charge is -1.86. The van der Waals surface area contributed by atoms with E-state index in [9.17, 15) is 0 Å². The van der Waals surface area contributed by atoms with Crippen molar-refractivity contribution in [3.63, 3.8) is 0 Å². The van der Waals surface area contributed by atoms with Crippen molar-refractivity contribution in [1.29, 1.82) is 5.41 Å². The largest absolute Gasteiger partial charge is 0.384 e. The molecule has 0 atom stereocenters. The van der Waals surface area contributed by atoms with E-state index in [0.29, 0.717) is 11.6 Å². The van der Waals surface area contributed by atoms with Crippen molar-refractivity contribution in [2.75, 3.05) is 5.73 Å². The topological polar surface area (TPSA) is 105 Å². The number of hydrogen-bond acceptors (Lipinski definition) is 3. The van der Waals surface area contributed by atoms with Crippen LogP contribution in [-0.4, -0.2) is 15.8 Å². The van der Waals surface area contributed by atoms with E-state index >= 15 is 0 Å². The molecule has 0 aliphatic rings. The summed E-state index contributed by atoms with van der Waals surface area (Å²) in [4.78, 5) is 6.28. The van der Waals surface area contributed by atoms with Crippen LogP contribution in [0.5, 0.6) is 0 Å². The number of nitrogen functional groups attached to an aromatic ring is 2. The minimum absolute atomic E-state index is 0.105. The molecule has 0 radical (unpaired) electrons. The van der Waals surface area contributed by atoms with Crippen molar-refractivity contribution in [3.8, 4) is 0 Å². The minimum atomic E-state index is -0.105. The van der Waals surface area contributed by atoms with Gasteiger partial charge in [-0.05, 0) is 0 Å². The number of nitrogens with one attached hydrogen (secondary N) is 2. The zero-order valence-corrected chi connectivity index (χ0v) is 4.68. The van der Waals surface area contributed by atoms with E-state index in [4.69, 9.17) is 16.9 Å². The summed E-state index contributed by atoms with van der Waals surface area (Å²) in [6.07, 6.45) is 1.41. The molecule has 0 saturated carbocycles. The summed E-state index contributed by atoms with van der Waals surface area (Å²) in [6.45, 7) is 0. The third-order valence-electron chi connectivity index (χ3n) is 0.851. The van der Waals surface area contributed by atoms with Gasteiger partial charge in [-0.1, -0.05) is 0 Å². The third-order valence-corrected chi connectivity index (χ3v) is 0.851. The van der Waals surface area contributed by atoms with Crippen molar-refractivity contribution < 1.29 is 0 Å². The van der Waals surface area contributed by atoms with Crippen molar-refractivity contribution in [2.45, 2.75) is 0 Å². The molecule has 0 fully saturated rings. The highest BCUT2D eigenvalue weighted by Crippen LogP contribution is 1.94. The predicted octanol–water partition coefficient (Wildman–Crippen LogP) is -0.724. The highest BCUT2D eigenvalue weighted by atomic mass is 15.0. The lowest BCUT2D eigenvalue weighted by molar-refractivity contribution is 1.22. The van der Waals surface area contributed by atoms with Gasteiger partial charge in [0.2, 0.25) is 0 Å². The first-order valence-electron chi connectivity index (χ1n) is 2.35. The van der Waals surface area contributed by atoms with Crippen LogP contribution in [0.4, 0.5) is 5.82 Å². The Hall–Kier alpha value is -1.52. The number of aromatic nitrogens is 2. The van der Waals surface area contributed by atoms with Crippen LogP contribution in [0.1, 0.15) is 5.82 Å². The van der Waals surface area contributed by atoms with Crippen LogP contribution in [0.2, 0.25) is 0 Å². The Balaban J connectivity index is 2.98. The number of anilines is 1. The van der Waals surface area contributed by atoms with Gasteiger partial charge in [-0.2, -0.15) is 0 Å². The molecule has 0 spiro atoms. The van der Waals surface area contributed by atoms with Crippen molar-refractivity contribution in [2.24, 2.45) is 5.73 Å². The highest BCUT2D eigenvalue weighted by Gasteiger charge is 1.97. The monoisotopic (exact) mass is 125 g/mol. The van der Waals surface area contributed by atoms with E-state index in [2.05, 4.69) is 9.97 Å². The van der Waals surface area contributed by atoms with Gasteiger partial charge in [0, 0.05) is 0 Å². The van der Waals surface area contributed by atoms with E-state index in [1.165, 1.54) is 6.20 Å². The Morgan fingerprint density at radius 2 is 2.44 bits per heavy atom. The normalized spacial score (nSPS) is 9.33. The number of nitrogens with zero attached hydrogens (tertiary/aromatic N) is 1. The number of hydrogen-bond donors (Lipinski definition) is 4. The molecule has 48 valence electrons. The first kappa shape index (κ1) is 5.61. The van der Waals surface area contributed by atoms with E-state index in [-0.39, 0.29) is 5.84 Å². The van der Waals surface area contributed by atoms with Crippen LogP contribution in [0.25, 0.3) is 0 Å². The molecule has 1 aromatic heterocycles. The fourth-order valence-electron chi connectivity index (χ4n) is 0.472. The van der Waals surface area contributed by atoms with Gasteiger partial charge < -0.3 is 16.5 Å². The average Bonchev–Trinajstić information content (AvgIpc) is 2.14. The SMILES string of the molecule is N=C(N)c1ncc(N)[nH]1. The molecule has 5 heteroatoms. The summed E-state index contributed by atoms with van der Waals surface area (Å²) in [7, 11) is 0. The van der Waals surface area contributed by atoms with Gasteiger partial charge in [-0.3, -0.25) is 5.41 Å². The molecule has 9 heavy (non-hydrogen) atoms. The number of rotatable bonds is 1. The predicted molar refractivity (Wildman–Crippen MR) is 34.0 cm³/mol. The van der Waals surface area contributed by atoms with Gasteiger partial charge in [0.25, 0.3) is 0 Å². The lowest BCUT2D eigenvalue weighted by Crippen LogP contribution is -2.12. The Kier molecular flexibility index (Phi) is 1.11.